The highest BCUT2D eigenvalue weighted by Gasteiger charge is 2.65. The zero-order chi connectivity index (χ0) is 17.3. The average molecular weight is 346 g/mol. The van der Waals surface area contributed by atoms with Crippen LogP contribution in [0.4, 0.5) is 0 Å². The normalized spacial score (nSPS) is 30.3. The second-order valence-corrected chi connectivity index (χ2v) is 7.60. The summed E-state index contributed by atoms with van der Waals surface area (Å²) in [6.45, 7) is 4.69. The molecule has 4 rings (SSSR count). The van der Waals surface area contributed by atoms with E-state index in [1.54, 1.807) is 6.33 Å². The summed E-state index contributed by atoms with van der Waals surface area (Å²) >= 11 is 0. The van der Waals surface area contributed by atoms with E-state index in [2.05, 4.69) is 37.3 Å². The number of nitrogens with one attached hydrogen (secondary N) is 2. The Morgan fingerprint density at radius 1 is 1.44 bits per heavy atom. The van der Waals surface area contributed by atoms with Crippen LogP contribution in [0.3, 0.4) is 0 Å². The maximum atomic E-state index is 6.07. The highest BCUT2D eigenvalue weighted by atomic mass is 16.5. The van der Waals surface area contributed by atoms with Gasteiger partial charge in [-0.05, 0) is 19.3 Å². The van der Waals surface area contributed by atoms with Gasteiger partial charge in [0, 0.05) is 50.5 Å². The Hall–Kier alpha value is -1.63. The molecular weight excluding hydrogens is 316 g/mol. The number of aromatic nitrogens is 3. The maximum Gasteiger partial charge on any atom is 0.191 e. The first kappa shape index (κ1) is 16.8. The lowest BCUT2D eigenvalue weighted by atomic mass is 9.54. The Balaban J connectivity index is 1.34. The first-order valence-corrected chi connectivity index (χ1v) is 9.74. The minimum absolute atomic E-state index is 0.350. The van der Waals surface area contributed by atoms with Gasteiger partial charge < -0.3 is 19.9 Å². The Kier molecular flexibility index (Phi) is 4.67. The Labute approximate surface area is 149 Å². The fourth-order valence-electron chi connectivity index (χ4n) is 5.28. The topological polar surface area (TPSA) is 76.4 Å². The van der Waals surface area contributed by atoms with Crippen molar-refractivity contribution in [3.05, 3.63) is 12.2 Å². The number of aliphatic imine (C=N–C) groups is 1. The molecule has 1 saturated heterocycles. The highest BCUT2D eigenvalue weighted by Crippen LogP contribution is 2.60. The molecule has 1 aromatic heterocycles. The quantitative estimate of drug-likeness (QED) is 0.622. The molecule has 3 unspecified atom stereocenters. The van der Waals surface area contributed by atoms with Crippen LogP contribution in [0.15, 0.2) is 11.3 Å². The summed E-state index contributed by atoms with van der Waals surface area (Å²) in [7, 11) is 1.86. The lowest BCUT2D eigenvalue weighted by Crippen LogP contribution is -2.69. The second kappa shape index (κ2) is 6.94. The molecule has 25 heavy (non-hydrogen) atoms. The van der Waals surface area contributed by atoms with Crippen LogP contribution < -0.4 is 10.6 Å². The summed E-state index contributed by atoms with van der Waals surface area (Å²) in [4.78, 5) is 4.45. The molecule has 3 fully saturated rings. The summed E-state index contributed by atoms with van der Waals surface area (Å²) in [5.74, 6) is 2.59. The SMILES string of the molecule is CCc1nncn1CCNC(=NC)NC1C2CCOC2C12CCCC2. The van der Waals surface area contributed by atoms with Crippen LogP contribution in [0, 0.1) is 11.3 Å². The summed E-state index contributed by atoms with van der Waals surface area (Å²) in [5, 5.41) is 15.3. The van der Waals surface area contributed by atoms with Crippen molar-refractivity contribution in [3.8, 4) is 0 Å². The maximum absolute atomic E-state index is 6.07. The molecule has 0 radical (unpaired) electrons. The molecule has 2 aliphatic carbocycles. The van der Waals surface area contributed by atoms with Crippen molar-refractivity contribution < 1.29 is 4.74 Å². The molecule has 1 aliphatic heterocycles. The molecule has 7 nitrogen and oxygen atoms in total. The predicted octanol–water partition coefficient (Wildman–Crippen LogP) is 1.35. The van der Waals surface area contributed by atoms with E-state index in [9.17, 15) is 0 Å². The van der Waals surface area contributed by atoms with Crippen LogP contribution in [0.5, 0.6) is 0 Å². The third-order valence-electron chi connectivity index (χ3n) is 6.46. The third kappa shape index (κ3) is 2.82. The van der Waals surface area contributed by atoms with E-state index >= 15 is 0 Å². The second-order valence-electron chi connectivity index (χ2n) is 7.60. The van der Waals surface area contributed by atoms with Gasteiger partial charge >= 0.3 is 0 Å². The van der Waals surface area contributed by atoms with Crippen molar-refractivity contribution in [1.82, 2.24) is 25.4 Å². The molecule has 2 N–H and O–H groups in total. The van der Waals surface area contributed by atoms with E-state index < -0.39 is 0 Å². The molecule has 2 heterocycles. The van der Waals surface area contributed by atoms with Crippen molar-refractivity contribution in [3.63, 3.8) is 0 Å². The number of aryl methyl sites for hydroxylation is 1. The summed E-state index contributed by atoms with van der Waals surface area (Å²) in [6, 6.07) is 0.509. The average Bonchev–Trinajstić information content (AvgIpc) is 3.37. The zero-order valence-corrected chi connectivity index (χ0v) is 15.4. The Morgan fingerprint density at radius 2 is 2.28 bits per heavy atom. The molecular formula is C18H30N6O. The highest BCUT2D eigenvalue weighted by molar-refractivity contribution is 5.80. The largest absolute Gasteiger partial charge is 0.377 e. The molecule has 7 heteroatoms. The number of guanidine groups is 1. The molecule has 0 bridgehead atoms. The third-order valence-corrected chi connectivity index (χ3v) is 6.46. The molecule has 3 aliphatic rings. The molecule has 3 atom stereocenters. The van der Waals surface area contributed by atoms with Gasteiger partial charge in [0.1, 0.15) is 12.2 Å². The van der Waals surface area contributed by atoms with E-state index in [4.69, 9.17) is 4.74 Å². The van der Waals surface area contributed by atoms with Gasteiger partial charge in [-0.25, -0.2) is 0 Å². The smallest absolute Gasteiger partial charge is 0.191 e. The van der Waals surface area contributed by atoms with E-state index in [0.29, 0.717) is 23.5 Å². The van der Waals surface area contributed by atoms with Gasteiger partial charge in [0.15, 0.2) is 5.96 Å². The number of rotatable bonds is 5. The van der Waals surface area contributed by atoms with Gasteiger partial charge in [-0.15, -0.1) is 10.2 Å². The molecule has 0 aromatic carbocycles. The van der Waals surface area contributed by atoms with Crippen LogP contribution in [-0.2, 0) is 17.7 Å². The van der Waals surface area contributed by atoms with Gasteiger partial charge in [0.25, 0.3) is 0 Å². The van der Waals surface area contributed by atoms with Crippen molar-refractivity contribution in [2.45, 2.75) is 64.1 Å². The predicted molar refractivity (Wildman–Crippen MR) is 96.4 cm³/mol. The van der Waals surface area contributed by atoms with Gasteiger partial charge in [0.2, 0.25) is 0 Å². The number of hydrogen-bond acceptors (Lipinski definition) is 4. The summed E-state index contributed by atoms with van der Waals surface area (Å²) in [5.41, 5.74) is 0.350. The fourth-order valence-corrected chi connectivity index (χ4v) is 5.28. The number of ether oxygens (including phenoxy) is 1. The monoisotopic (exact) mass is 346 g/mol. The fraction of sp³-hybridized carbons (Fsp3) is 0.833. The minimum atomic E-state index is 0.350. The van der Waals surface area contributed by atoms with E-state index in [0.717, 1.165) is 37.9 Å². The number of nitrogens with zero attached hydrogens (tertiary/aromatic N) is 4. The Bertz CT molecular complexity index is 621. The van der Waals surface area contributed by atoms with Gasteiger partial charge in [-0.1, -0.05) is 19.8 Å². The lowest BCUT2D eigenvalue weighted by Gasteiger charge is -2.57. The van der Waals surface area contributed by atoms with Crippen molar-refractivity contribution in [1.29, 1.82) is 0 Å². The van der Waals surface area contributed by atoms with Crippen LogP contribution in [0.2, 0.25) is 0 Å². The van der Waals surface area contributed by atoms with Crippen molar-refractivity contribution >= 4 is 5.96 Å². The van der Waals surface area contributed by atoms with E-state index in [1.165, 1.54) is 32.1 Å². The summed E-state index contributed by atoms with van der Waals surface area (Å²) in [6.07, 6.45) is 9.63. The number of hydrogen-bond donors (Lipinski definition) is 2. The molecule has 2 saturated carbocycles. The van der Waals surface area contributed by atoms with E-state index in [1.807, 2.05) is 7.05 Å². The first-order valence-electron chi connectivity index (χ1n) is 9.74. The van der Waals surface area contributed by atoms with Crippen molar-refractivity contribution in [2.75, 3.05) is 20.2 Å². The van der Waals surface area contributed by atoms with Crippen LogP contribution in [-0.4, -0.2) is 53.1 Å². The lowest BCUT2D eigenvalue weighted by molar-refractivity contribution is -0.125. The molecule has 138 valence electrons. The molecule has 0 amide bonds. The zero-order valence-electron chi connectivity index (χ0n) is 15.4. The van der Waals surface area contributed by atoms with Crippen LogP contribution >= 0.6 is 0 Å². The van der Waals surface area contributed by atoms with Gasteiger partial charge in [-0.2, -0.15) is 0 Å². The van der Waals surface area contributed by atoms with E-state index in [-0.39, 0.29) is 0 Å². The van der Waals surface area contributed by atoms with Crippen molar-refractivity contribution in [2.24, 2.45) is 16.3 Å². The standard InChI is InChI=1S/C18H30N6O/c1-3-14-23-21-12-24(14)10-9-20-17(19-2)22-15-13-6-11-25-16(13)18(15)7-4-5-8-18/h12-13,15-16H,3-11H2,1-2H3,(H2,19,20,22). The van der Waals surface area contributed by atoms with Gasteiger partial charge in [-0.3, -0.25) is 4.99 Å². The van der Waals surface area contributed by atoms with Crippen LogP contribution in [0.1, 0.15) is 44.9 Å². The van der Waals surface area contributed by atoms with Gasteiger partial charge in [0.05, 0.1) is 6.10 Å². The molecule has 1 spiro atoms. The number of fused-ring (bicyclic) bond motifs is 2. The first-order chi connectivity index (χ1) is 12.3. The summed E-state index contributed by atoms with van der Waals surface area (Å²) < 4.78 is 8.17. The Morgan fingerprint density at radius 3 is 3.04 bits per heavy atom. The minimum Gasteiger partial charge on any atom is -0.377 e. The molecule has 1 aromatic rings. The van der Waals surface area contributed by atoms with Crippen LogP contribution in [0.25, 0.3) is 0 Å².